The molecule has 8 nitrogen and oxygen atoms in total. The van der Waals surface area contributed by atoms with E-state index in [-0.39, 0.29) is 46.3 Å². The zero-order valence-corrected chi connectivity index (χ0v) is 24.3. The fraction of sp³-hybridized carbons (Fsp3) is 0.290. The van der Waals surface area contributed by atoms with Gasteiger partial charge < -0.3 is 15.0 Å². The number of nitrogens with one attached hydrogen (secondary N) is 1. The molecule has 0 unspecified atom stereocenters. The Morgan fingerprint density at radius 1 is 0.976 bits per heavy atom. The van der Waals surface area contributed by atoms with Crippen molar-refractivity contribution in [2.75, 3.05) is 31.0 Å². The first-order valence-corrected chi connectivity index (χ1v) is 15.4. The predicted molar refractivity (Wildman–Crippen MR) is 159 cm³/mol. The number of anilines is 1. The Bertz CT molecular complexity index is 1560. The Kier molecular flexibility index (Phi) is 8.65. The lowest BCUT2D eigenvalue weighted by Crippen LogP contribution is -2.53. The Labute approximate surface area is 245 Å². The molecule has 2 heterocycles. The SMILES string of the molecule is COc1ccccc1N1C/C=C\CCC(=O)N2CC[C@H](c3ccccc3)[C@@H](C2)NC(=O)c2cc(ccc2Cl)S1(=O)=O. The predicted octanol–water partition coefficient (Wildman–Crippen LogP) is 5.01. The molecule has 0 saturated carbocycles. The standard InChI is InChI=1S/C31H32ClN3O5S/c1-40-29-13-8-7-12-28(29)35-18-9-3-6-14-30(36)34-19-17-24(22-10-4-2-5-11-22)27(21-34)33-31(37)25-20-23(41(35,38)39)15-16-26(25)32/h2-5,7-13,15-16,20,24,27H,6,14,17-19,21H2,1H3,(H,33,37)/b9-3-/t24-,27-/m1/s1. The van der Waals surface area contributed by atoms with E-state index in [0.717, 1.165) is 5.56 Å². The van der Waals surface area contributed by atoms with Crippen LogP contribution in [-0.4, -0.2) is 57.9 Å². The fourth-order valence-electron chi connectivity index (χ4n) is 5.45. The maximum Gasteiger partial charge on any atom is 0.264 e. The van der Waals surface area contributed by atoms with Crippen LogP contribution in [0.1, 0.15) is 41.1 Å². The first-order chi connectivity index (χ1) is 19.8. The molecule has 2 aliphatic heterocycles. The number of rotatable bonds is 3. The summed E-state index contributed by atoms with van der Waals surface area (Å²) in [5.74, 6) is -0.145. The highest BCUT2D eigenvalue weighted by molar-refractivity contribution is 7.92. The normalized spacial score (nSPS) is 22.1. The largest absolute Gasteiger partial charge is 0.495 e. The first-order valence-electron chi connectivity index (χ1n) is 13.5. The average Bonchev–Trinajstić information content (AvgIpc) is 2.98. The molecule has 1 fully saturated rings. The molecule has 1 N–H and O–H groups in total. The Morgan fingerprint density at radius 2 is 1.73 bits per heavy atom. The number of amides is 2. The van der Waals surface area contributed by atoms with Gasteiger partial charge in [-0.1, -0.05) is 66.2 Å². The zero-order chi connectivity index (χ0) is 29.0. The van der Waals surface area contributed by atoms with Crippen LogP contribution in [0.5, 0.6) is 5.75 Å². The molecule has 10 heteroatoms. The number of hydrogen-bond acceptors (Lipinski definition) is 5. The summed E-state index contributed by atoms with van der Waals surface area (Å²) in [5.41, 5.74) is 1.46. The monoisotopic (exact) mass is 593 g/mol. The van der Waals surface area contributed by atoms with Crippen molar-refractivity contribution in [3.05, 3.63) is 101 Å². The minimum absolute atomic E-state index is 0.00555. The van der Waals surface area contributed by atoms with E-state index in [4.69, 9.17) is 16.3 Å². The Balaban J connectivity index is 1.58. The molecule has 214 valence electrons. The van der Waals surface area contributed by atoms with E-state index in [1.807, 2.05) is 36.4 Å². The number of allylic oxidation sites excluding steroid dienone is 1. The van der Waals surface area contributed by atoms with Crippen molar-refractivity contribution in [3.63, 3.8) is 0 Å². The zero-order valence-electron chi connectivity index (χ0n) is 22.7. The summed E-state index contributed by atoms with van der Waals surface area (Å²) in [4.78, 5) is 28.5. The van der Waals surface area contributed by atoms with Crippen LogP contribution >= 0.6 is 11.6 Å². The quantitative estimate of drug-likeness (QED) is 0.431. The molecule has 3 aromatic rings. The number of hydrogen-bond donors (Lipinski definition) is 1. The maximum atomic E-state index is 14.0. The summed E-state index contributed by atoms with van der Waals surface area (Å²) in [7, 11) is -2.67. The van der Waals surface area contributed by atoms with Crippen molar-refractivity contribution in [2.24, 2.45) is 0 Å². The van der Waals surface area contributed by atoms with Crippen molar-refractivity contribution in [1.82, 2.24) is 10.2 Å². The van der Waals surface area contributed by atoms with Gasteiger partial charge in [-0.25, -0.2) is 8.42 Å². The molecule has 2 amide bonds. The van der Waals surface area contributed by atoms with Gasteiger partial charge in [0, 0.05) is 25.4 Å². The van der Waals surface area contributed by atoms with Crippen LogP contribution in [0.25, 0.3) is 0 Å². The minimum atomic E-state index is -4.15. The highest BCUT2D eigenvalue weighted by Gasteiger charge is 2.34. The number of carbonyl (C=O) groups is 2. The van der Waals surface area contributed by atoms with Gasteiger partial charge in [-0.05, 0) is 48.7 Å². The van der Waals surface area contributed by atoms with E-state index in [0.29, 0.717) is 37.4 Å². The summed E-state index contributed by atoms with van der Waals surface area (Å²) in [6.45, 7) is 0.946. The van der Waals surface area contributed by atoms with Crippen LogP contribution in [0.2, 0.25) is 5.02 Å². The van der Waals surface area contributed by atoms with Crippen LogP contribution < -0.4 is 14.4 Å². The fourth-order valence-corrected chi connectivity index (χ4v) is 7.11. The van der Waals surface area contributed by atoms with Crippen molar-refractivity contribution >= 4 is 39.1 Å². The second-order valence-electron chi connectivity index (χ2n) is 10.1. The van der Waals surface area contributed by atoms with Gasteiger partial charge >= 0.3 is 0 Å². The number of benzene rings is 3. The summed E-state index contributed by atoms with van der Waals surface area (Å²) >= 11 is 6.46. The summed E-state index contributed by atoms with van der Waals surface area (Å²) in [6.07, 6.45) is 4.98. The molecule has 0 aromatic heterocycles. The third-order valence-corrected chi connectivity index (χ3v) is 9.70. The third-order valence-electron chi connectivity index (χ3n) is 7.60. The highest BCUT2D eigenvalue weighted by atomic mass is 35.5. The van der Waals surface area contributed by atoms with Gasteiger partial charge in [-0.3, -0.25) is 13.9 Å². The molecular formula is C31H32ClN3O5S. The maximum absolute atomic E-state index is 14.0. The minimum Gasteiger partial charge on any atom is -0.495 e. The molecule has 2 aliphatic rings. The molecular weight excluding hydrogens is 562 g/mol. The van der Waals surface area contributed by atoms with E-state index in [1.165, 1.54) is 29.6 Å². The number of para-hydroxylation sites is 2. The lowest BCUT2D eigenvalue weighted by molar-refractivity contribution is -0.132. The van der Waals surface area contributed by atoms with E-state index in [2.05, 4.69) is 5.32 Å². The third kappa shape index (κ3) is 6.11. The van der Waals surface area contributed by atoms with Gasteiger partial charge in [0.15, 0.2) is 0 Å². The van der Waals surface area contributed by atoms with E-state index in [1.54, 1.807) is 35.2 Å². The topological polar surface area (TPSA) is 96.0 Å². The lowest BCUT2D eigenvalue weighted by Gasteiger charge is -2.39. The second-order valence-corrected chi connectivity index (χ2v) is 12.4. The molecule has 0 radical (unpaired) electrons. The van der Waals surface area contributed by atoms with Crippen molar-refractivity contribution in [2.45, 2.75) is 36.1 Å². The van der Waals surface area contributed by atoms with Gasteiger partial charge in [-0.15, -0.1) is 0 Å². The molecule has 1 saturated heterocycles. The molecule has 0 aliphatic carbocycles. The van der Waals surface area contributed by atoms with Crippen LogP contribution in [-0.2, 0) is 14.8 Å². The van der Waals surface area contributed by atoms with Crippen LogP contribution in [0, 0.1) is 0 Å². The van der Waals surface area contributed by atoms with E-state index >= 15 is 0 Å². The number of nitrogens with zero attached hydrogens (tertiary/aromatic N) is 2. The van der Waals surface area contributed by atoms with E-state index in [9.17, 15) is 18.0 Å². The number of methoxy groups -OCH3 is 1. The molecule has 5 rings (SSSR count). The molecule has 2 atom stereocenters. The highest BCUT2D eigenvalue weighted by Crippen LogP contribution is 2.34. The number of ether oxygens (including phenoxy) is 1. The lowest BCUT2D eigenvalue weighted by atomic mass is 9.85. The summed E-state index contributed by atoms with van der Waals surface area (Å²) in [5, 5.41) is 3.21. The van der Waals surface area contributed by atoms with Crippen molar-refractivity contribution < 1.29 is 22.7 Å². The first kappa shape index (κ1) is 28.7. The van der Waals surface area contributed by atoms with Gasteiger partial charge in [0.2, 0.25) is 5.91 Å². The van der Waals surface area contributed by atoms with Gasteiger partial charge in [0.05, 0.1) is 40.9 Å². The van der Waals surface area contributed by atoms with Gasteiger partial charge in [0.25, 0.3) is 15.9 Å². The van der Waals surface area contributed by atoms with Crippen molar-refractivity contribution in [3.8, 4) is 5.75 Å². The van der Waals surface area contributed by atoms with Crippen LogP contribution in [0.3, 0.4) is 0 Å². The van der Waals surface area contributed by atoms with Crippen molar-refractivity contribution in [1.29, 1.82) is 0 Å². The van der Waals surface area contributed by atoms with Gasteiger partial charge in [-0.2, -0.15) is 0 Å². The number of fused-ring (bicyclic) bond motifs is 4. The molecule has 0 spiro atoms. The summed E-state index contributed by atoms with van der Waals surface area (Å²) < 4.78 is 34.8. The van der Waals surface area contributed by atoms with Crippen LogP contribution in [0.15, 0.2) is 89.8 Å². The number of piperidine rings is 1. The Hall–Kier alpha value is -3.82. The number of halogens is 1. The number of carbonyl (C=O) groups excluding carboxylic acids is 2. The smallest absolute Gasteiger partial charge is 0.264 e. The van der Waals surface area contributed by atoms with Gasteiger partial charge in [0.1, 0.15) is 5.75 Å². The second kappa shape index (κ2) is 12.4. The van der Waals surface area contributed by atoms with Crippen LogP contribution in [0.4, 0.5) is 5.69 Å². The molecule has 4 bridgehead atoms. The molecule has 41 heavy (non-hydrogen) atoms. The summed E-state index contributed by atoms with van der Waals surface area (Å²) in [6, 6.07) is 20.5. The average molecular weight is 594 g/mol. The Morgan fingerprint density at radius 3 is 2.51 bits per heavy atom. The van der Waals surface area contributed by atoms with E-state index < -0.39 is 15.9 Å². The molecule has 3 aromatic carbocycles. The number of sulfonamides is 1.